The van der Waals surface area contributed by atoms with Gasteiger partial charge in [0.1, 0.15) is 0 Å². The SMILES string of the molecule is Nc1ccc2c(c1)CN(C(=O)c1ccccc1)CC2. The van der Waals surface area contributed by atoms with Gasteiger partial charge in [0.25, 0.3) is 5.91 Å². The predicted octanol–water partition coefficient (Wildman–Crippen LogP) is 2.47. The Morgan fingerprint density at radius 2 is 1.84 bits per heavy atom. The molecule has 1 amide bonds. The van der Waals surface area contributed by atoms with Gasteiger partial charge in [-0.1, -0.05) is 24.3 Å². The third-order valence-electron chi connectivity index (χ3n) is 3.55. The molecule has 1 aliphatic heterocycles. The number of hydrogen-bond acceptors (Lipinski definition) is 2. The number of nitrogen functional groups attached to an aromatic ring is 1. The Morgan fingerprint density at radius 3 is 2.63 bits per heavy atom. The standard InChI is InChI=1S/C16H16N2O/c17-15-7-6-12-8-9-18(11-14(12)10-15)16(19)13-4-2-1-3-5-13/h1-7,10H,8-9,11,17H2. The van der Waals surface area contributed by atoms with Crippen LogP contribution in [0, 0.1) is 0 Å². The molecule has 3 rings (SSSR count). The maximum Gasteiger partial charge on any atom is 0.254 e. The van der Waals surface area contributed by atoms with Gasteiger partial charge >= 0.3 is 0 Å². The molecule has 0 aromatic heterocycles. The van der Waals surface area contributed by atoms with Crippen LogP contribution in [-0.4, -0.2) is 17.4 Å². The van der Waals surface area contributed by atoms with Gasteiger partial charge in [0.2, 0.25) is 0 Å². The highest BCUT2D eigenvalue weighted by molar-refractivity contribution is 5.94. The van der Waals surface area contributed by atoms with Gasteiger partial charge in [-0.25, -0.2) is 0 Å². The molecule has 96 valence electrons. The molecule has 2 N–H and O–H groups in total. The third kappa shape index (κ3) is 2.32. The number of fused-ring (bicyclic) bond motifs is 1. The van der Waals surface area contributed by atoms with Crippen molar-refractivity contribution in [1.29, 1.82) is 0 Å². The molecule has 0 atom stereocenters. The lowest BCUT2D eigenvalue weighted by molar-refractivity contribution is 0.0735. The van der Waals surface area contributed by atoms with E-state index < -0.39 is 0 Å². The van der Waals surface area contributed by atoms with Crippen molar-refractivity contribution in [2.75, 3.05) is 12.3 Å². The maximum absolute atomic E-state index is 12.4. The Hall–Kier alpha value is -2.29. The average Bonchev–Trinajstić information content (AvgIpc) is 2.46. The van der Waals surface area contributed by atoms with E-state index in [1.165, 1.54) is 5.56 Å². The summed E-state index contributed by atoms with van der Waals surface area (Å²) in [6.45, 7) is 1.42. The summed E-state index contributed by atoms with van der Waals surface area (Å²) in [7, 11) is 0. The normalized spacial score (nSPS) is 14.0. The maximum atomic E-state index is 12.4. The quantitative estimate of drug-likeness (QED) is 0.792. The number of nitrogens with two attached hydrogens (primary N) is 1. The highest BCUT2D eigenvalue weighted by atomic mass is 16.2. The number of nitrogens with zero attached hydrogens (tertiary/aromatic N) is 1. The van der Waals surface area contributed by atoms with Crippen LogP contribution < -0.4 is 5.73 Å². The van der Waals surface area contributed by atoms with Crippen LogP contribution in [-0.2, 0) is 13.0 Å². The van der Waals surface area contributed by atoms with Crippen molar-refractivity contribution in [2.45, 2.75) is 13.0 Å². The zero-order chi connectivity index (χ0) is 13.2. The molecule has 0 bridgehead atoms. The van der Waals surface area contributed by atoms with Gasteiger partial charge in [-0.3, -0.25) is 4.79 Å². The fourth-order valence-corrected chi connectivity index (χ4v) is 2.51. The van der Waals surface area contributed by atoms with Crippen LogP contribution in [0.4, 0.5) is 5.69 Å². The number of amides is 1. The molecule has 0 radical (unpaired) electrons. The first-order valence-electron chi connectivity index (χ1n) is 6.45. The molecular weight excluding hydrogens is 236 g/mol. The van der Waals surface area contributed by atoms with Crippen LogP contribution in [0.15, 0.2) is 48.5 Å². The molecule has 3 nitrogen and oxygen atoms in total. The minimum absolute atomic E-state index is 0.0914. The number of carbonyl (C=O) groups is 1. The van der Waals surface area contributed by atoms with Crippen LogP contribution in [0.1, 0.15) is 21.5 Å². The highest BCUT2D eigenvalue weighted by Gasteiger charge is 2.21. The number of benzene rings is 2. The molecule has 0 fully saturated rings. The van der Waals surface area contributed by atoms with E-state index in [0.717, 1.165) is 29.8 Å². The number of rotatable bonds is 1. The zero-order valence-corrected chi connectivity index (χ0v) is 10.7. The summed E-state index contributed by atoms with van der Waals surface area (Å²) >= 11 is 0. The Kier molecular flexibility index (Phi) is 2.95. The van der Waals surface area contributed by atoms with E-state index in [0.29, 0.717) is 6.54 Å². The van der Waals surface area contributed by atoms with Crippen molar-refractivity contribution in [3.8, 4) is 0 Å². The van der Waals surface area contributed by atoms with E-state index in [-0.39, 0.29) is 5.91 Å². The van der Waals surface area contributed by atoms with Crippen molar-refractivity contribution in [1.82, 2.24) is 4.90 Å². The van der Waals surface area contributed by atoms with Gasteiger partial charge in [0.15, 0.2) is 0 Å². The smallest absolute Gasteiger partial charge is 0.254 e. The zero-order valence-electron chi connectivity index (χ0n) is 10.7. The molecule has 19 heavy (non-hydrogen) atoms. The Labute approximate surface area is 112 Å². The van der Waals surface area contributed by atoms with Gasteiger partial charge in [-0.05, 0) is 41.8 Å². The second kappa shape index (κ2) is 4.76. The molecule has 0 saturated heterocycles. The molecule has 2 aromatic rings. The van der Waals surface area contributed by atoms with Gasteiger partial charge in [-0.15, -0.1) is 0 Å². The molecule has 0 spiro atoms. The molecular formula is C16H16N2O. The summed E-state index contributed by atoms with van der Waals surface area (Å²) in [6.07, 6.45) is 0.897. The topological polar surface area (TPSA) is 46.3 Å². The fraction of sp³-hybridized carbons (Fsp3) is 0.188. The Balaban J connectivity index is 1.84. The van der Waals surface area contributed by atoms with Gasteiger partial charge in [0, 0.05) is 24.3 Å². The molecule has 1 aliphatic rings. The summed E-state index contributed by atoms with van der Waals surface area (Å²) in [6, 6.07) is 15.4. The van der Waals surface area contributed by atoms with Gasteiger partial charge in [-0.2, -0.15) is 0 Å². The largest absolute Gasteiger partial charge is 0.399 e. The van der Waals surface area contributed by atoms with E-state index in [4.69, 9.17) is 5.73 Å². The molecule has 1 heterocycles. The first-order chi connectivity index (χ1) is 9.24. The van der Waals surface area contributed by atoms with E-state index in [9.17, 15) is 4.79 Å². The summed E-state index contributed by atoms with van der Waals surface area (Å²) in [5, 5.41) is 0. The lowest BCUT2D eigenvalue weighted by Gasteiger charge is -2.29. The van der Waals surface area contributed by atoms with Crippen LogP contribution >= 0.6 is 0 Å². The third-order valence-corrected chi connectivity index (χ3v) is 3.55. The van der Waals surface area contributed by atoms with Crippen molar-refractivity contribution < 1.29 is 4.79 Å². The van der Waals surface area contributed by atoms with Crippen LogP contribution in [0.5, 0.6) is 0 Å². The minimum atomic E-state index is 0.0914. The van der Waals surface area contributed by atoms with Crippen LogP contribution in [0.3, 0.4) is 0 Å². The average molecular weight is 252 g/mol. The Bertz CT molecular complexity index is 607. The first kappa shape index (κ1) is 11.8. The summed E-state index contributed by atoms with van der Waals surface area (Å²) < 4.78 is 0. The first-order valence-corrected chi connectivity index (χ1v) is 6.45. The van der Waals surface area contributed by atoms with Crippen molar-refractivity contribution >= 4 is 11.6 Å². The van der Waals surface area contributed by atoms with Crippen molar-refractivity contribution in [3.05, 3.63) is 65.2 Å². The molecule has 2 aromatic carbocycles. The van der Waals surface area contributed by atoms with Crippen LogP contribution in [0.25, 0.3) is 0 Å². The van der Waals surface area contributed by atoms with E-state index in [2.05, 4.69) is 6.07 Å². The van der Waals surface area contributed by atoms with Crippen LogP contribution in [0.2, 0.25) is 0 Å². The van der Waals surface area contributed by atoms with Gasteiger partial charge < -0.3 is 10.6 Å². The second-order valence-corrected chi connectivity index (χ2v) is 4.87. The van der Waals surface area contributed by atoms with E-state index in [1.54, 1.807) is 0 Å². The highest BCUT2D eigenvalue weighted by Crippen LogP contribution is 2.22. The number of anilines is 1. The molecule has 0 saturated carbocycles. The number of hydrogen-bond donors (Lipinski definition) is 1. The lowest BCUT2D eigenvalue weighted by Crippen LogP contribution is -2.35. The monoisotopic (exact) mass is 252 g/mol. The number of carbonyl (C=O) groups excluding carboxylic acids is 1. The summed E-state index contributed by atoms with van der Waals surface area (Å²) in [5.74, 6) is 0.0914. The lowest BCUT2D eigenvalue weighted by atomic mass is 9.98. The molecule has 0 aliphatic carbocycles. The fourth-order valence-electron chi connectivity index (χ4n) is 2.51. The minimum Gasteiger partial charge on any atom is -0.399 e. The van der Waals surface area contributed by atoms with Crippen molar-refractivity contribution in [3.63, 3.8) is 0 Å². The summed E-state index contributed by atoms with van der Waals surface area (Å²) in [4.78, 5) is 14.3. The molecule has 0 unspecified atom stereocenters. The summed E-state index contributed by atoms with van der Waals surface area (Å²) in [5.41, 5.74) is 9.77. The van der Waals surface area contributed by atoms with E-state index in [1.807, 2.05) is 47.4 Å². The van der Waals surface area contributed by atoms with Gasteiger partial charge in [0.05, 0.1) is 0 Å². The van der Waals surface area contributed by atoms with Crippen molar-refractivity contribution in [2.24, 2.45) is 0 Å². The molecule has 3 heteroatoms. The second-order valence-electron chi connectivity index (χ2n) is 4.87. The van der Waals surface area contributed by atoms with E-state index >= 15 is 0 Å². The Morgan fingerprint density at radius 1 is 1.05 bits per heavy atom. The predicted molar refractivity (Wildman–Crippen MR) is 75.7 cm³/mol.